The molecule has 9 heteroatoms. The predicted octanol–water partition coefficient (Wildman–Crippen LogP) is 1.65. The number of para-hydroxylation sites is 2. The van der Waals surface area contributed by atoms with Crippen molar-refractivity contribution < 1.29 is 9.59 Å². The van der Waals surface area contributed by atoms with Gasteiger partial charge in [-0.15, -0.1) is 0 Å². The number of aromatic amines is 1. The summed E-state index contributed by atoms with van der Waals surface area (Å²) in [5.74, 6) is 1.03. The Bertz CT molecular complexity index is 1000. The quantitative estimate of drug-likeness (QED) is 0.708. The van der Waals surface area contributed by atoms with E-state index >= 15 is 0 Å². The Hall–Kier alpha value is -3.23. The number of aryl methyl sites for hydroxylation is 1. The van der Waals surface area contributed by atoms with Crippen LogP contribution in [0.5, 0.6) is 0 Å². The lowest BCUT2D eigenvalue weighted by molar-refractivity contribution is -0.135. The van der Waals surface area contributed by atoms with Crippen molar-refractivity contribution in [2.45, 2.75) is 32.7 Å². The van der Waals surface area contributed by atoms with Crippen LogP contribution in [0.1, 0.15) is 42.8 Å². The minimum atomic E-state index is -0.347. The van der Waals surface area contributed by atoms with E-state index in [9.17, 15) is 9.59 Å². The molecule has 2 aromatic heterocycles. The Morgan fingerprint density at radius 3 is 2.55 bits per heavy atom. The molecule has 0 saturated carbocycles. The number of aromatic nitrogens is 5. The number of rotatable bonds is 5. The molecule has 1 aliphatic heterocycles. The summed E-state index contributed by atoms with van der Waals surface area (Å²) in [7, 11) is 0. The van der Waals surface area contributed by atoms with E-state index in [0.717, 1.165) is 29.7 Å². The van der Waals surface area contributed by atoms with Crippen LogP contribution < -0.4 is 0 Å². The lowest BCUT2D eigenvalue weighted by Crippen LogP contribution is -2.52. The molecule has 1 aromatic carbocycles. The van der Waals surface area contributed by atoms with Crippen molar-refractivity contribution in [2.24, 2.45) is 0 Å². The van der Waals surface area contributed by atoms with E-state index in [1.165, 1.54) is 6.33 Å². The van der Waals surface area contributed by atoms with Crippen LogP contribution in [0.15, 0.2) is 30.6 Å². The molecule has 3 heterocycles. The lowest BCUT2D eigenvalue weighted by Gasteiger charge is -2.36. The Labute approximate surface area is 168 Å². The van der Waals surface area contributed by atoms with E-state index in [4.69, 9.17) is 4.98 Å². The van der Waals surface area contributed by atoms with Crippen molar-refractivity contribution in [3.8, 4) is 0 Å². The maximum absolute atomic E-state index is 13.2. The third-order valence-corrected chi connectivity index (χ3v) is 5.38. The number of hydrogen-bond donors (Lipinski definition) is 1. The van der Waals surface area contributed by atoms with Gasteiger partial charge >= 0.3 is 0 Å². The number of nitrogens with zero attached hydrogens (tertiary/aromatic N) is 6. The van der Waals surface area contributed by atoms with E-state index < -0.39 is 0 Å². The van der Waals surface area contributed by atoms with Gasteiger partial charge in [-0.1, -0.05) is 19.1 Å². The zero-order valence-corrected chi connectivity index (χ0v) is 16.7. The molecule has 1 N–H and O–H groups in total. The smallest absolute Gasteiger partial charge is 0.291 e. The van der Waals surface area contributed by atoms with Crippen LogP contribution in [0.3, 0.4) is 0 Å². The van der Waals surface area contributed by atoms with Gasteiger partial charge in [0.2, 0.25) is 11.7 Å². The number of piperazine rings is 1. The molecule has 2 amide bonds. The van der Waals surface area contributed by atoms with Crippen LogP contribution >= 0.6 is 0 Å². The molecule has 0 bridgehead atoms. The van der Waals surface area contributed by atoms with E-state index in [0.29, 0.717) is 26.2 Å². The molecule has 3 aromatic rings. The molecular weight excluding hydrogens is 370 g/mol. The summed E-state index contributed by atoms with van der Waals surface area (Å²) in [5, 5.41) is 6.32. The number of carbonyl (C=O) groups excluding carboxylic acids is 2. The molecule has 0 radical (unpaired) electrons. The Morgan fingerprint density at radius 1 is 1.14 bits per heavy atom. The third kappa shape index (κ3) is 3.59. The normalized spacial score (nSPS) is 15.7. The first-order chi connectivity index (χ1) is 14.1. The average molecular weight is 395 g/mol. The summed E-state index contributed by atoms with van der Waals surface area (Å²) < 4.78 is 2.06. The molecule has 1 saturated heterocycles. The SMILES string of the molecule is CCCc1nc2ccccc2n1C(C)C(=O)N1CCN(C(=O)c2ncn[nH]2)CC1. The molecule has 29 heavy (non-hydrogen) atoms. The van der Waals surface area contributed by atoms with Crippen molar-refractivity contribution in [3.05, 3.63) is 42.2 Å². The molecule has 1 unspecified atom stereocenters. The third-order valence-electron chi connectivity index (χ3n) is 5.38. The van der Waals surface area contributed by atoms with Crippen LogP contribution in [0, 0.1) is 0 Å². The van der Waals surface area contributed by atoms with Gasteiger partial charge in [0.25, 0.3) is 5.91 Å². The molecule has 4 rings (SSSR count). The first kappa shape index (κ1) is 19.1. The maximum Gasteiger partial charge on any atom is 0.291 e. The number of H-pyrrole nitrogens is 1. The fraction of sp³-hybridized carbons (Fsp3) is 0.450. The van der Waals surface area contributed by atoms with Gasteiger partial charge in [-0.3, -0.25) is 14.7 Å². The van der Waals surface area contributed by atoms with Gasteiger partial charge in [-0.2, -0.15) is 5.10 Å². The maximum atomic E-state index is 13.2. The first-order valence-corrected chi connectivity index (χ1v) is 9.99. The second-order valence-electron chi connectivity index (χ2n) is 7.26. The highest BCUT2D eigenvalue weighted by molar-refractivity contribution is 5.90. The standard InChI is InChI=1S/C20H25N7O2/c1-3-6-17-23-15-7-4-5-8-16(15)27(17)14(2)19(28)25-9-11-26(12-10-25)20(29)18-21-13-22-24-18/h4-5,7-8,13-14H,3,6,9-12H2,1-2H3,(H,21,22,24). The lowest BCUT2D eigenvalue weighted by atomic mass is 10.2. The summed E-state index contributed by atoms with van der Waals surface area (Å²) in [6.45, 7) is 6.00. The van der Waals surface area contributed by atoms with Gasteiger partial charge in [-0.25, -0.2) is 9.97 Å². The largest absolute Gasteiger partial charge is 0.337 e. The molecule has 1 fully saturated rings. The number of benzene rings is 1. The van der Waals surface area contributed by atoms with E-state index in [1.807, 2.05) is 36.1 Å². The van der Waals surface area contributed by atoms with Crippen LogP contribution in [0.25, 0.3) is 11.0 Å². The Morgan fingerprint density at radius 2 is 1.86 bits per heavy atom. The summed E-state index contributed by atoms with van der Waals surface area (Å²) in [4.78, 5) is 37.8. The Kier molecular flexibility index (Phi) is 5.28. The van der Waals surface area contributed by atoms with Crippen LogP contribution in [-0.4, -0.2) is 72.5 Å². The summed E-state index contributed by atoms with van der Waals surface area (Å²) >= 11 is 0. The van der Waals surface area contributed by atoms with Crippen LogP contribution in [-0.2, 0) is 11.2 Å². The van der Waals surface area contributed by atoms with Gasteiger partial charge < -0.3 is 14.4 Å². The fourth-order valence-electron chi connectivity index (χ4n) is 3.89. The molecule has 0 spiro atoms. The number of nitrogens with one attached hydrogen (secondary N) is 1. The van der Waals surface area contributed by atoms with Gasteiger partial charge in [0.05, 0.1) is 11.0 Å². The zero-order valence-electron chi connectivity index (χ0n) is 16.7. The molecular formula is C20H25N7O2. The second-order valence-corrected chi connectivity index (χ2v) is 7.26. The van der Waals surface area contributed by atoms with Crippen molar-refractivity contribution in [1.82, 2.24) is 34.5 Å². The fourth-order valence-corrected chi connectivity index (χ4v) is 3.89. The average Bonchev–Trinajstić information content (AvgIpc) is 3.40. The minimum Gasteiger partial charge on any atom is -0.337 e. The van der Waals surface area contributed by atoms with Crippen molar-refractivity contribution in [3.63, 3.8) is 0 Å². The molecule has 0 aliphatic carbocycles. The first-order valence-electron chi connectivity index (χ1n) is 9.99. The van der Waals surface area contributed by atoms with E-state index in [2.05, 4.69) is 26.7 Å². The van der Waals surface area contributed by atoms with Crippen molar-refractivity contribution >= 4 is 22.8 Å². The topological polar surface area (TPSA) is 100 Å². The highest BCUT2D eigenvalue weighted by Crippen LogP contribution is 2.24. The number of amides is 2. The van der Waals surface area contributed by atoms with E-state index in [1.54, 1.807) is 4.90 Å². The zero-order chi connectivity index (χ0) is 20.4. The van der Waals surface area contributed by atoms with Crippen molar-refractivity contribution in [2.75, 3.05) is 26.2 Å². The highest BCUT2D eigenvalue weighted by Gasteiger charge is 2.30. The summed E-state index contributed by atoms with van der Waals surface area (Å²) in [5.41, 5.74) is 1.90. The van der Waals surface area contributed by atoms with Crippen molar-refractivity contribution in [1.29, 1.82) is 0 Å². The number of carbonyl (C=O) groups is 2. The van der Waals surface area contributed by atoms with Gasteiger partial charge in [0.1, 0.15) is 18.2 Å². The number of hydrogen-bond acceptors (Lipinski definition) is 5. The summed E-state index contributed by atoms with van der Waals surface area (Å²) in [6.07, 6.45) is 3.11. The summed E-state index contributed by atoms with van der Waals surface area (Å²) in [6, 6.07) is 7.59. The molecule has 152 valence electrons. The van der Waals surface area contributed by atoms with Gasteiger partial charge in [0, 0.05) is 32.6 Å². The van der Waals surface area contributed by atoms with Crippen LogP contribution in [0.4, 0.5) is 0 Å². The second kappa shape index (κ2) is 8.02. The van der Waals surface area contributed by atoms with Gasteiger partial charge in [0.15, 0.2) is 0 Å². The number of fused-ring (bicyclic) bond motifs is 1. The van der Waals surface area contributed by atoms with Gasteiger partial charge in [-0.05, 0) is 25.5 Å². The van der Waals surface area contributed by atoms with E-state index in [-0.39, 0.29) is 23.7 Å². The Balaban J connectivity index is 1.49. The number of imidazole rings is 1. The molecule has 1 aliphatic rings. The predicted molar refractivity (Wildman–Crippen MR) is 107 cm³/mol. The molecule has 9 nitrogen and oxygen atoms in total. The molecule has 1 atom stereocenters. The monoisotopic (exact) mass is 395 g/mol. The highest BCUT2D eigenvalue weighted by atomic mass is 16.2. The van der Waals surface area contributed by atoms with Crippen LogP contribution in [0.2, 0.25) is 0 Å². The minimum absolute atomic E-state index is 0.0530.